The van der Waals surface area contributed by atoms with E-state index >= 15 is 0 Å². The van der Waals surface area contributed by atoms with E-state index in [4.69, 9.17) is 5.11 Å². The summed E-state index contributed by atoms with van der Waals surface area (Å²) in [7, 11) is 0. The summed E-state index contributed by atoms with van der Waals surface area (Å²) in [5, 5.41) is 10.7. The number of hydrogen-bond acceptors (Lipinski definition) is 4. The molecule has 5 nitrogen and oxygen atoms in total. The smallest absolute Gasteiger partial charge is 0.395 e. The lowest BCUT2D eigenvalue weighted by Gasteiger charge is -2.23. The Morgan fingerprint density at radius 1 is 1.03 bits per heavy atom. The molecule has 0 atom stereocenters. The van der Waals surface area contributed by atoms with Crippen molar-refractivity contribution in [1.29, 1.82) is 0 Å². The van der Waals surface area contributed by atoms with Crippen molar-refractivity contribution in [2.45, 2.75) is 10.4 Å². The van der Waals surface area contributed by atoms with E-state index in [9.17, 15) is 35.9 Å². The first-order chi connectivity index (χ1) is 13.5. The van der Waals surface area contributed by atoms with Crippen LogP contribution in [0.15, 0.2) is 41.3 Å². The standard InChI is InChI=1S/C17H12F6N2O3S/c18-10-2-1-3-11(19)14(10)15(27)24-16(28)25(6-7-26)13-5-4-9(8-12(13)20)29-17(21,22)23/h1-5,8,26H,6-7H2,(H,24,27,28). The number of aliphatic hydroxyl groups excluding tert-OH is 1. The second-order valence-electron chi connectivity index (χ2n) is 5.39. The normalized spacial score (nSPS) is 11.3. The van der Waals surface area contributed by atoms with Crippen LogP contribution < -0.4 is 10.2 Å². The Hall–Kier alpha value is -2.73. The minimum absolute atomic E-state index is 0.493. The lowest BCUT2D eigenvalue weighted by Crippen LogP contribution is -2.45. The van der Waals surface area contributed by atoms with E-state index < -0.39 is 76.0 Å². The largest absolute Gasteiger partial charge is 0.446 e. The molecule has 0 bridgehead atoms. The second kappa shape index (κ2) is 9.18. The third-order valence-electron chi connectivity index (χ3n) is 3.42. The van der Waals surface area contributed by atoms with Gasteiger partial charge in [0.25, 0.3) is 5.91 Å². The topological polar surface area (TPSA) is 69.6 Å². The van der Waals surface area contributed by atoms with Gasteiger partial charge in [0.2, 0.25) is 0 Å². The Morgan fingerprint density at radius 2 is 1.66 bits per heavy atom. The van der Waals surface area contributed by atoms with Crippen LogP contribution in [0.25, 0.3) is 0 Å². The number of imide groups is 1. The number of urea groups is 1. The molecule has 0 fully saturated rings. The van der Waals surface area contributed by atoms with Gasteiger partial charge in [-0.05, 0) is 42.1 Å². The SMILES string of the molecule is O=C(NC(=O)N(CCO)c1ccc(SC(F)(F)F)cc1F)c1c(F)cccc1F. The quantitative estimate of drug-likeness (QED) is 0.546. The molecule has 29 heavy (non-hydrogen) atoms. The Bertz CT molecular complexity index is 902. The van der Waals surface area contributed by atoms with Crippen molar-refractivity contribution in [2.75, 3.05) is 18.1 Å². The summed E-state index contributed by atoms with van der Waals surface area (Å²) >= 11 is -0.578. The van der Waals surface area contributed by atoms with Gasteiger partial charge in [-0.2, -0.15) is 13.2 Å². The number of nitrogens with zero attached hydrogens (tertiary/aromatic N) is 1. The molecular weight excluding hydrogens is 426 g/mol. The van der Waals surface area contributed by atoms with E-state index in [-0.39, 0.29) is 0 Å². The van der Waals surface area contributed by atoms with Crippen molar-refractivity contribution in [1.82, 2.24) is 5.32 Å². The maximum atomic E-state index is 14.3. The van der Waals surface area contributed by atoms with Gasteiger partial charge in [0, 0.05) is 4.90 Å². The predicted molar refractivity (Wildman–Crippen MR) is 92.0 cm³/mol. The molecule has 2 aromatic carbocycles. The highest BCUT2D eigenvalue weighted by atomic mass is 32.2. The maximum absolute atomic E-state index is 14.3. The number of amides is 3. The van der Waals surface area contributed by atoms with E-state index in [2.05, 4.69) is 0 Å². The van der Waals surface area contributed by atoms with Crippen LogP contribution in [0, 0.1) is 17.5 Å². The van der Waals surface area contributed by atoms with Crippen LogP contribution >= 0.6 is 11.8 Å². The van der Waals surface area contributed by atoms with Crippen LogP contribution in [0.4, 0.5) is 36.8 Å². The highest BCUT2D eigenvalue weighted by Crippen LogP contribution is 2.38. The van der Waals surface area contributed by atoms with E-state index in [1.165, 1.54) is 0 Å². The van der Waals surface area contributed by atoms with Crippen molar-refractivity contribution >= 4 is 29.4 Å². The summed E-state index contributed by atoms with van der Waals surface area (Å²) in [4.78, 5) is 24.3. The Morgan fingerprint density at radius 3 is 2.17 bits per heavy atom. The summed E-state index contributed by atoms with van der Waals surface area (Å²) in [6, 6.07) is 3.46. The van der Waals surface area contributed by atoms with E-state index in [1.807, 2.05) is 0 Å². The molecule has 0 unspecified atom stereocenters. The highest BCUT2D eigenvalue weighted by molar-refractivity contribution is 8.00. The van der Waals surface area contributed by atoms with Gasteiger partial charge < -0.3 is 5.11 Å². The molecule has 0 saturated carbocycles. The molecule has 2 N–H and O–H groups in total. The average Bonchev–Trinajstić information content (AvgIpc) is 2.58. The molecule has 0 aliphatic heterocycles. The maximum Gasteiger partial charge on any atom is 0.446 e. The minimum atomic E-state index is -4.66. The highest BCUT2D eigenvalue weighted by Gasteiger charge is 2.30. The zero-order valence-electron chi connectivity index (χ0n) is 14.3. The number of halogens is 6. The fourth-order valence-electron chi connectivity index (χ4n) is 2.28. The van der Waals surface area contributed by atoms with Gasteiger partial charge in [0.15, 0.2) is 0 Å². The molecule has 0 spiro atoms. The van der Waals surface area contributed by atoms with E-state index in [1.54, 1.807) is 5.32 Å². The zero-order valence-corrected chi connectivity index (χ0v) is 15.1. The first-order valence-corrected chi connectivity index (χ1v) is 8.58. The predicted octanol–water partition coefficient (Wildman–Crippen LogP) is 4.06. The number of alkyl halides is 3. The molecular formula is C17H12F6N2O3S. The fraction of sp³-hybridized carbons (Fsp3) is 0.176. The van der Waals surface area contributed by atoms with Crippen molar-refractivity contribution in [3.63, 3.8) is 0 Å². The summed E-state index contributed by atoms with van der Waals surface area (Å²) in [5.74, 6) is -5.20. The summed E-state index contributed by atoms with van der Waals surface area (Å²) in [5.41, 5.74) is -6.26. The molecule has 0 aromatic heterocycles. The Labute approximate surface area is 164 Å². The molecule has 12 heteroatoms. The fourth-order valence-corrected chi connectivity index (χ4v) is 2.84. The number of carbonyl (C=O) groups excluding carboxylic acids is 2. The van der Waals surface area contributed by atoms with Gasteiger partial charge in [-0.15, -0.1) is 0 Å². The molecule has 0 aliphatic carbocycles. The number of thioether (sulfide) groups is 1. The molecule has 2 aromatic rings. The minimum Gasteiger partial charge on any atom is -0.395 e. The number of nitrogens with one attached hydrogen (secondary N) is 1. The van der Waals surface area contributed by atoms with Crippen molar-refractivity contribution in [3.05, 3.63) is 59.4 Å². The molecule has 0 saturated heterocycles. The Kier molecular flexibility index (Phi) is 7.14. The van der Waals surface area contributed by atoms with Crippen LogP contribution in [0.2, 0.25) is 0 Å². The van der Waals surface area contributed by atoms with Crippen molar-refractivity contribution in [3.8, 4) is 0 Å². The third kappa shape index (κ3) is 5.87. The van der Waals surface area contributed by atoms with Gasteiger partial charge in [-0.1, -0.05) is 6.07 Å². The number of hydrogen-bond donors (Lipinski definition) is 2. The number of aliphatic hydroxyl groups is 1. The number of rotatable bonds is 5. The van der Waals surface area contributed by atoms with Crippen molar-refractivity contribution < 1.29 is 41.0 Å². The second-order valence-corrected chi connectivity index (χ2v) is 6.53. The summed E-state index contributed by atoms with van der Waals surface area (Å²) < 4.78 is 78.7. The first-order valence-electron chi connectivity index (χ1n) is 7.76. The summed E-state index contributed by atoms with van der Waals surface area (Å²) in [6.45, 7) is -1.25. The van der Waals surface area contributed by atoms with Gasteiger partial charge in [-0.25, -0.2) is 18.0 Å². The van der Waals surface area contributed by atoms with Crippen molar-refractivity contribution in [2.24, 2.45) is 0 Å². The lowest BCUT2D eigenvalue weighted by molar-refractivity contribution is -0.0328. The summed E-state index contributed by atoms with van der Waals surface area (Å²) in [6.07, 6.45) is 0. The van der Waals surface area contributed by atoms with Crippen LogP contribution in [-0.4, -0.2) is 35.7 Å². The monoisotopic (exact) mass is 438 g/mol. The molecule has 0 heterocycles. The first kappa shape index (κ1) is 22.6. The third-order valence-corrected chi connectivity index (χ3v) is 4.14. The van der Waals surface area contributed by atoms with Crippen LogP contribution in [-0.2, 0) is 0 Å². The number of carbonyl (C=O) groups is 2. The molecule has 0 aliphatic rings. The molecule has 156 valence electrons. The zero-order chi connectivity index (χ0) is 21.8. The molecule has 2 rings (SSSR count). The Balaban J connectivity index is 2.27. The lowest BCUT2D eigenvalue weighted by atomic mass is 10.2. The van der Waals surface area contributed by atoms with Crippen LogP contribution in [0.3, 0.4) is 0 Å². The average molecular weight is 438 g/mol. The molecule has 3 amide bonds. The van der Waals surface area contributed by atoms with Crippen LogP contribution in [0.5, 0.6) is 0 Å². The van der Waals surface area contributed by atoms with Gasteiger partial charge in [0.05, 0.1) is 18.8 Å². The van der Waals surface area contributed by atoms with Crippen LogP contribution in [0.1, 0.15) is 10.4 Å². The van der Waals surface area contributed by atoms with Gasteiger partial charge >= 0.3 is 11.5 Å². The number of benzene rings is 2. The molecule has 0 radical (unpaired) electrons. The van der Waals surface area contributed by atoms with Gasteiger partial charge in [-0.3, -0.25) is 15.0 Å². The van der Waals surface area contributed by atoms with E-state index in [0.717, 1.165) is 30.3 Å². The number of anilines is 1. The van der Waals surface area contributed by atoms with Gasteiger partial charge in [0.1, 0.15) is 23.0 Å². The van der Waals surface area contributed by atoms with E-state index in [0.29, 0.717) is 11.0 Å².